The predicted octanol–water partition coefficient (Wildman–Crippen LogP) is 3.47. The molecule has 0 aliphatic rings. The molecule has 2 rings (SSSR count). The monoisotopic (exact) mass is 258 g/mol. The van der Waals surface area contributed by atoms with Gasteiger partial charge in [0.1, 0.15) is 11.5 Å². The molecule has 0 saturated carbocycles. The van der Waals surface area contributed by atoms with Crippen molar-refractivity contribution in [1.82, 2.24) is 0 Å². The standard InChI is InChI=1S/C16H22N2O/c1-11-9-15(17)16(10-12(11)2)18(4)8-7-14-6-5-13(3)19-14/h5-6,9-10H,7-8,17H2,1-4H3. The highest BCUT2D eigenvalue weighted by Crippen LogP contribution is 2.26. The van der Waals surface area contributed by atoms with Crippen LogP contribution in [0.2, 0.25) is 0 Å². The van der Waals surface area contributed by atoms with Gasteiger partial charge in [0.15, 0.2) is 0 Å². The minimum atomic E-state index is 0.834. The molecule has 0 spiro atoms. The second kappa shape index (κ2) is 5.39. The van der Waals surface area contributed by atoms with Crippen LogP contribution in [-0.4, -0.2) is 13.6 Å². The molecule has 0 saturated heterocycles. The number of rotatable bonds is 4. The predicted molar refractivity (Wildman–Crippen MR) is 80.7 cm³/mol. The summed E-state index contributed by atoms with van der Waals surface area (Å²) in [5.74, 6) is 1.98. The third-order valence-corrected chi connectivity index (χ3v) is 3.54. The maximum atomic E-state index is 6.10. The highest BCUT2D eigenvalue weighted by atomic mass is 16.3. The second-order valence-corrected chi connectivity index (χ2v) is 5.18. The number of aryl methyl sites for hydroxylation is 3. The van der Waals surface area contributed by atoms with Crippen LogP contribution in [0.3, 0.4) is 0 Å². The number of nitrogens with zero attached hydrogens (tertiary/aromatic N) is 1. The second-order valence-electron chi connectivity index (χ2n) is 5.18. The van der Waals surface area contributed by atoms with Crippen molar-refractivity contribution >= 4 is 11.4 Å². The molecule has 3 heteroatoms. The van der Waals surface area contributed by atoms with Gasteiger partial charge >= 0.3 is 0 Å². The maximum absolute atomic E-state index is 6.10. The lowest BCUT2D eigenvalue weighted by Crippen LogP contribution is -2.21. The molecule has 102 valence electrons. The Hall–Kier alpha value is -1.90. The Labute approximate surface area is 115 Å². The zero-order valence-electron chi connectivity index (χ0n) is 12.2. The number of nitrogen functional groups attached to an aromatic ring is 1. The van der Waals surface area contributed by atoms with E-state index in [0.29, 0.717) is 0 Å². The zero-order valence-corrected chi connectivity index (χ0v) is 12.2. The Morgan fingerprint density at radius 1 is 1.11 bits per heavy atom. The normalized spacial score (nSPS) is 10.7. The van der Waals surface area contributed by atoms with Crippen molar-refractivity contribution in [1.29, 1.82) is 0 Å². The Morgan fingerprint density at radius 2 is 1.79 bits per heavy atom. The van der Waals surface area contributed by atoms with Gasteiger partial charge in [-0.25, -0.2) is 0 Å². The van der Waals surface area contributed by atoms with Crippen LogP contribution in [0.25, 0.3) is 0 Å². The summed E-state index contributed by atoms with van der Waals surface area (Å²) in [7, 11) is 2.07. The summed E-state index contributed by atoms with van der Waals surface area (Å²) in [5.41, 5.74) is 10.5. The van der Waals surface area contributed by atoms with Gasteiger partial charge < -0.3 is 15.1 Å². The largest absolute Gasteiger partial charge is 0.466 e. The molecule has 1 aromatic heterocycles. The van der Waals surface area contributed by atoms with Gasteiger partial charge in [-0.3, -0.25) is 0 Å². The van der Waals surface area contributed by atoms with Gasteiger partial charge in [-0.05, 0) is 56.2 Å². The number of furan rings is 1. The fourth-order valence-electron chi connectivity index (χ4n) is 2.17. The van der Waals surface area contributed by atoms with Gasteiger partial charge in [0.2, 0.25) is 0 Å². The zero-order chi connectivity index (χ0) is 14.0. The van der Waals surface area contributed by atoms with Gasteiger partial charge in [-0.15, -0.1) is 0 Å². The number of hydrogen-bond acceptors (Lipinski definition) is 3. The number of nitrogens with two attached hydrogens (primary N) is 1. The molecular formula is C16H22N2O. The van der Waals surface area contributed by atoms with Crippen molar-refractivity contribution in [3.63, 3.8) is 0 Å². The fourth-order valence-corrected chi connectivity index (χ4v) is 2.17. The molecule has 19 heavy (non-hydrogen) atoms. The van der Waals surface area contributed by atoms with Crippen LogP contribution in [0, 0.1) is 20.8 Å². The molecule has 0 amide bonds. The van der Waals surface area contributed by atoms with E-state index in [2.05, 4.69) is 31.9 Å². The van der Waals surface area contributed by atoms with E-state index in [1.54, 1.807) is 0 Å². The van der Waals surface area contributed by atoms with E-state index >= 15 is 0 Å². The van der Waals surface area contributed by atoms with Crippen LogP contribution in [0.5, 0.6) is 0 Å². The smallest absolute Gasteiger partial charge is 0.105 e. The summed E-state index contributed by atoms with van der Waals surface area (Å²) in [6, 6.07) is 8.23. The lowest BCUT2D eigenvalue weighted by Gasteiger charge is -2.22. The quantitative estimate of drug-likeness (QED) is 0.854. The van der Waals surface area contributed by atoms with Crippen molar-refractivity contribution in [3.8, 4) is 0 Å². The van der Waals surface area contributed by atoms with Crippen LogP contribution in [0.1, 0.15) is 22.6 Å². The van der Waals surface area contributed by atoms with E-state index in [1.807, 2.05) is 25.1 Å². The average Bonchev–Trinajstić information content (AvgIpc) is 2.77. The molecule has 0 aliphatic carbocycles. The summed E-state index contributed by atoms with van der Waals surface area (Å²) < 4.78 is 5.58. The molecule has 0 radical (unpaired) electrons. The Bertz CT molecular complexity index is 572. The van der Waals surface area contributed by atoms with Crippen molar-refractivity contribution in [3.05, 3.63) is 46.9 Å². The lowest BCUT2D eigenvalue weighted by atomic mass is 10.1. The SMILES string of the molecule is Cc1ccc(CCN(C)c2cc(C)c(C)cc2N)o1. The molecule has 0 aliphatic heterocycles. The van der Waals surface area contributed by atoms with E-state index in [0.717, 1.165) is 35.9 Å². The average molecular weight is 258 g/mol. The van der Waals surface area contributed by atoms with Crippen LogP contribution >= 0.6 is 0 Å². The minimum Gasteiger partial charge on any atom is -0.466 e. The van der Waals surface area contributed by atoms with Crippen LogP contribution in [0.4, 0.5) is 11.4 Å². The first-order valence-electron chi connectivity index (χ1n) is 6.60. The van der Waals surface area contributed by atoms with Gasteiger partial charge in [0.25, 0.3) is 0 Å². The first-order chi connectivity index (χ1) is 8.97. The molecule has 1 aromatic carbocycles. The molecule has 0 bridgehead atoms. The molecule has 0 atom stereocenters. The molecule has 3 nitrogen and oxygen atoms in total. The lowest BCUT2D eigenvalue weighted by molar-refractivity contribution is 0.483. The van der Waals surface area contributed by atoms with Gasteiger partial charge in [-0.2, -0.15) is 0 Å². The first kappa shape index (κ1) is 13.5. The Kier molecular flexibility index (Phi) is 3.84. The molecular weight excluding hydrogens is 236 g/mol. The van der Waals surface area contributed by atoms with Crippen molar-refractivity contribution in [2.24, 2.45) is 0 Å². The molecule has 0 fully saturated rings. The van der Waals surface area contributed by atoms with Crippen LogP contribution < -0.4 is 10.6 Å². The number of benzene rings is 1. The fraction of sp³-hybridized carbons (Fsp3) is 0.375. The molecule has 2 N–H and O–H groups in total. The van der Waals surface area contributed by atoms with Crippen molar-refractivity contribution in [2.45, 2.75) is 27.2 Å². The van der Waals surface area contributed by atoms with E-state index in [9.17, 15) is 0 Å². The number of hydrogen-bond donors (Lipinski definition) is 1. The van der Waals surface area contributed by atoms with E-state index in [-0.39, 0.29) is 0 Å². The molecule has 0 unspecified atom stereocenters. The topological polar surface area (TPSA) is 42.4 Å². The molecule has 1 heterocycles. The minimum absolute atomic E-state index is 0.834. The summed E-state index contributed by atoms with van der Waals surface area (Å²) in [6.07, 6.45) is 0.886. The van der Waals surface area contributed by atoms with E-state index < -0.39 is 0 Å². The Balaban J connectivity index is 2.07. The summed E-state index contributed by atoms with van der Waals surface area (Å²) in [5, 5.41) is 0. The van der Waals surface area contributed by atoms with Crippen molar-refractivity contribution < 1.29 is 4.42 Å². The van der Waals surface area contributed by atoms with E-state index in [1.165, 1.54) is 11.1 Å². The number of anilines is 2. The van der Waals surface area contributed by atoms with Crippen molar-refractivity contribution in [2.75, 3.05) is 24.2 Å². The molecule has 2 aromatic rings. The summed E-state index contributed by atoms with van der Waals surface area (Å²) in [4.78, 5) is 2.18. The number of likely N-dealkylation sites (N-methyl/N-ethyl adjacent to an activating group) is 1. The summed E-state index contributed by atoms with van der Waals surface area (Å²) >= 11 is 0. The van der Waals surface area contributed by atoms with Crippen LogP contribution in [-0.2, 0) is 6.42 Å². The third-order valence-electron chi connectivity index (χ3n) is 3.54. The first-order valence-corrected chi connectivity index (χ1v) is 6.60. The highest BCUT2D eigenvalue weighted by molar-refractivity contribution is 5.69. The third kappa shape index (κ3) is 3.11. The maximum Gasteiger partial charge on any atom is 0.105 e. The van der Waals surface area contributed by atoms with Gasteiger partial charge in [0, 0.05) is 20.0 Å². The van der Waals surface area contributed by atoms with Gasteiger partial charge in [0.05, 0.1) is 11.4 Å². The highest BCUT2D eigenvalue weighted by Gasteiger charge is 2.08. The summed E-state index contributed by atoms with van der Waals surface area (Å²) in [6.45, 7) is 7.05. The van der Waals surface area contributed by atoms with Crippen LogP contribution in [0.15, 0.2) is 28.7 Å². The Morgan fingerprint density at radius 3 is 2.42 bits per heavy atom. The van der Waals surface area contributed by atoms with Gasteiger partial charge in [-0.1, -0.05) is 0 Å². The van der Waals surface area contributed by atoms with E-state index in [4.69, 9.17) is 10.2 Å².